The lowest BCUT2D eigenvalue weighted by atomic mass is 10.1. The van der Waals surface area contributed by atoms with Crippen LogP contribution in [-0.2, 0) is 0 Å². The molecule has 1 heterocycles. The lowest BCUT2D eigenvalue weighted by Crippen LogP contribution is -2.49. The summed E-state index contributed by atoms with van der Waals surface area (Å²) in [6.45, 7) is 6.68. The summed E-state index contributed by atoms with van der Waals surface area (Å²) in [5, 5.41) is 19.1. The fraction of sp³-hybridized carbons (Fsp3) is 0.588. The molecule has 0 amide bonds. The number of aliphatic hydroxyl groups is 2. The number of Topliss-reactive ketones (excluding diaryl/α,β-unsaturated/α-hetero) is 1. The molecule has 2 N–H and O–H groups in total. The first-order valence-corrected chi connectivity index (χ1v) is 8.06. The van der Waals surface area contributed by atoms with Crippen molar-refractivity contribution in [3.63, 3.8) is 0 Å². The lowest BCUT2D eigenvalue weighted by Gasteiger charge is -2.35. The topological polar surface area (TPSA) is 73.2 Å². The number of rotatable bonds is 8. The van der Waals surface area contributed by atoms with E-state index in [-0.39, 0.29) is 19.0 Å². The first-order valence-electron chi connectivity index (χ1n) is 8.06. The van der Waals surface area contributed by atoms with Crippen molar-refractivity contribution in [3.05, 3.63) is 29.8 Å². The highest BCUT2D eigenvalue weighted by Gasteiger charge is 2.19. The molecule has 1 fully saturated rings. The molecule has 0 radical (unpaired) electrons. The van der Waals surface area contributed by atoms with Crippen molar-refractivity contribution in [1.29, 1.82) is 0 Å². The molecule has 0 unspecified atom stereocenters. The van der Waals surface area contributed by atoms with Crippen molar-refractivity contribution in [2.75, 3.05) is 52.5 Å². The molecule has 1 aromatic carbocycles. The van der Waals surface area contributed by atoms with E-state index in [9.17, 15) is 9.90 Å². The number of ketones is 1. The third-order valence-electron chi connectivity index (χ3n) is 4.05. The molecule has 23 heavy (non-hydrogen) atoms. The van der Waals surface area contributed by atoms with Gasteiger partial charge >= 0.3 is 0 Å². The number of para-hydroxylation sites is 1. The Balaban J connectivity index is 1.76. The molecule has 0 aromatic heterocycles. The maximum atomic E-state index is 11.5. The summed E-state index contributed by atoms with van der Waals surface area (Å²) in [5.74, 6) is 0.474. The van der Waals surface area contributed by atoms with E-state index in [0.29, 0.717) is 24.4 Å². The maximum absolute atomic E-state index is 11.5. The minimum atomic E-state index is -0.598. The van der Waals surface area contributed by atoms with Gasteiger partial charge in [0.1, 0.15) is 18.5 Å². The lowest BCUT2D eigenvalue weighted by molar-refractivity contribution is 0.0426. The normalized spacial score (nSPS) is 17.9. The molecule has 0 aliphatic carbocycles. The molecule has 0 spiro atoms. The van der Waals surface area contributed by atoms with E-state index in [2.05, 4.69) is 9.80 Å². The van der Waals surface area contributed by atoms with Gasteiger partial charge in [0.05, 0.1) is 12.2 Å². The summed E-state index contributed by atoms with van der Waals surface area (Å²) >= 11 is 0. The van der Waals surface area contributed by atoms with Crippen LogP contribution in [-0.4, -0.2) is 84.4 Å². The van der Waals surface area contributed by atoms with Crippen LogP contribution in [0, 0.1) is 0 Å². The summed E-state index contributed by atoms with van der Waals surface area (Å²) < 4.78 is 5.62. The SMILES string of the molecule is CC(=O)c1ccccc1OC[C@@H](O)CN1CCN(CCO)CC1. The van der Waals surface area contributed by atoms with Crippen LogP contribution < -0.4 is 4.74 Å². The van der Waals surface area contributed by atoms with Gasteiger partial charge in [-0.25, -0.2) is 0 Å². The smallest absolute Gasteiger partial charge is 0.163 e. The Morgan fingerprint density at radius 2 is 1.87 bits per heavy atom. The largest absolute Gasteiger partial charge is 0.490 e. The fourth-order valence-electron chi connectivity index (χ4n) is 2.76. The van der Waals surface area contributed by atoms with Gasteiger partial charge in [0.15, 0.2) is 5.78 Å². The van der Waals surface area contributed by atoms with Gasteiger partial charge in [0, 0.05) is 39.3 Å². The van der Waals surface area contributed by atoms with Crippen LogP contribution in [0.4, 0.5) is 0 Å². The molecule has 1 atom stereocenters. The van der Waals surface area contributed by atoms with Crippen LogP contribution in [0.15, 0.2) is 24.3 Å². The van der Waals surface area contributed by atoms with Gasteiger partial charge in [-0.1, -0.05) is 12.1 Å². The summed E-state index contributed by atoms with van der Waals surface area (Å²) in [4.78, 5) is 15.9. The third kappa shape index (κ3) is 5.58. The average Bonchev–Trinajstić information content (AvgIpc) is 2.55. The Kier molecular flexibility index (Phi) is 6.98. The highest BCUT2D eigenvalue weighted by atomic mass is 16.5. The molecule has 0 bridgehead atoms. The molecule has 6 nitrogen and oxygen atoms in total. The van der Waals surface area contributed by atoms with Gasteiger partial charge in [-0.05, 0) is 19.1 Å². The number of carbonyl (C=O) groups is 1. The first-order chi connectivity index (χ1) is 11.1. The van der Waals surface area contributed by atoms with Crippen LogP contribution >= 0.6 is 0 Å². The van der Waals surface area contributed by atoms with Crippen molar-refractivity contribution < 1.29 is 19.7 Å². The van der Waals surface area contributed by atoms with Crippen molar-refractivity contribution in [3.8, 4) is 5.75 Å². The predicted molar refractivity (Wildman–Crippen MR) is 87.9 cm³/mol. The standard InChI is InChI=1S/C17H26N2O4/c1-14(21)16-4-2-3-5-17(16)23-13-15(22)12-19-8-6-18(7-9-19)10-11-20/h2-5,15,20,22H,6-13H2,1H3/t15-/m0/s1. The molecule has 6 heteroatoms. The number of ether oxygens (including phenoxy) is 1. The summed E-state index contributed by atoms with van der Waals surface area (Å²) in [5.41, 5.74) is 0.539. The van der Waals surface area contributed by atoms with Crippen molar-refractivity contribution in [1.82, 2.24) is 9.80 Å². The molecular formula is C17H26N2O4. The number of hydrogen-bond acceptors (Lipinski definition) is 6. The van der Waals surface area contributed by atoms with E-state index in [1.165, 1.54) is 6.92 Å². The number of nitrogens with zero attached hydrogens (tertiary/aromatic N) is 2. The minimum Gasteiger partial charge on any atom is -0.490 e. The molecule has 1 aromatic rings. The number of piperazine rings is 1. The van der Waals surface area contributed by atoms with E-state index in [1.54, 1.807) is 18.2 Å². The molecule has 1 aliphatic heterocycles. The highest BCUT2D eigenvalue weighted by molar-refractivity contribution is 5.96. The van der Waals surface area contributed by atoms with Crippen LogP contribution in [0.2, 0.25) is 0 Å². The maximum Gasteiger partial charge on any atom is 0.163 e. The molecule has 1 aliphatic rings. The zero-order valence-corrected chi connectivity index (χ0v) is 13.6. The number of β-amino-alcohol motifs (C(OH)–C–C–N with tert-alkyl or cyclic N) is 2. The van der Waals surface area contributed by atoms with Crippen molar-refractivity contribution >= 4 is 5.78 Å². The van der Waals surface area contributed by atoms with Gasteiger partial charge in [-0.2, -0.15) is 0 Å². The summed E-state index contributed by atoms with van der Waals surface area (Å²) in [6, 6.07) is 7.09. The van der Waals surface area contributed by atoms with E-state index < -0.39 is 6.10 Å². The van der Waals surface area contributed by atoms with Crippen LogP contribution in [0.25, 0.3) is 0 Å². The molecule has 128 valence electrons. The van der Waals surface area contributed by atoms with E-state index in [0.717, 1.165) is 26.2 Å². The zero-order valence-electron chi connectivity index (χ0n) is 13.6. The molecule has 1 saturated heterocycles. The Bertz CT molecular complexity index is 501. The van der Waals surface area contributed by atoms with Gasteiger partial charge in [0.2, 0.25) is 0 Å². The third-order valence-corrected chi connectivity index (χ3v) is 4.05. The van der Waals surface area contributed by atoms with Crippen molar-refractivity contribution in [2.45, 2.75) is 13.0 Å². The van der Waals surface area contributed by atoms with Crippen molar-refractivity contribution in [2.24, 2.45) is 0 Å². The van der Waals surface area contributed by atoms with Crippen LogP contribution in [0.3, 0.4) is 0 Å². The second-order valence-corrected chi connectivity index (χ2v) is 5.88. The van der Waals surface area contributed by atoms with E-state index in [1.807, 2.05) is 6.07 Å². The Morgan fingerprint density at radius 1 is 1.22 bits per heavy atom. The van der Waals surface area contributed by atoms with E-state index in [4.69, 9.17) is 9.84 Å². The first kappa shape index (κ1) is 17.9. The molecule has 2 rings (SSSR count). The number of benzene rings is 1. The van der Waals surface area contributed by atoms with Crippen LogP contribution in [0.5, 0.6) is 5.75 Å². The van der Waals surface area contributed by atoms with Gasteiger partial charge < -0.3 is 14.9 Å². The quantitative estimate of drug-likeness (QED) is 0.668. The molecular weight excluding hydrogens is 296 g/mol. The van der Waals surface area contributed by atoms with Gasteiger partial charge in [-0.15, -0.1) is 0 Å². The monoisotopic (exact) mass is 322 g/mol. The number of hydrogen-bond donors (Lipinski definition) is 2. The average molecular weight is 322 g/mol. The summed E-state index contributed by atoms with van der Waals surface area (Å²) in [7, 11) is 0. The Labute approximate surface area is 137 Å². The predicted octanol–water partition coefficient (Wildman–Crippen LogP) is 0.239. The van der Waals surface area contributed by atoms with Crippen LogP contribution in [0.1, 0.15) is 17.3 Å². The molecule has 0 saturated carbocycles. The Hall–Kier alpha value is -1.47. The second-order valence-electron chi connectivity index (χ2n) is 5.88. The zero-order chi connectivity index (χ0) is 16.7. The highest BCUT2D eigenvalue weighted by Crippen LogP contribution is 2.18. The fourth-order valence-corrected chi connectivity index (χ4v) is 2.76. The minimum absolute atomic E-state index is 0.0462. The van der Waals surface area contributed by atoms with E-state index >= 15 is 0 Å². The van der Waals surface area contributed by atoms with Gasteiger partial charge in [0.25, 0.3) is 0 Å². The Morgan fingerprint density at radius 3 is 2.52 bits per heavy atom. The van der Waals surface area contributed by atoms with Gasteiger partial charge in [-0.3, -0.25) is 14.6 Å². The number of aliphatic hydroxyl groups excluding tert-OH is 2. The second kappa shape index (κ2) is 8.98. The number of carbonyl (C=O) groups excluding carboxylic acids is 1. The summed E-state index contributed by atoms with van der Waals surface area (Å²) in [6.07, 6.45) is -0.598.